The van der Waals surface area contributed by atoms with Gasteiger partial charge in [-0.3, -0.25) is 23.2 Å². The minimum atomic E-state index is -5.70. The average Bonchev–Trinajstić information content (AvgIpc) is 3.33. The predicted octanol–water partition coefficient (Wildman–Crippen LogP) is 6.94. The van der Waals surface area contributed by atoms with Crippen molar-refractivity contribution >= 4 is 33.4 Å². The second-order valence-electron chi connectivity index (χ2n) is 18.6. The molecule has 12 atom stereocenters. The van der Waals surface area contributed by atoms with Crippen LogP contribution in [0.2, 0.25) is 0 Å². The lowest BCUT2D eigenvalue weighted by molar-refractivity contribution is -0.195. The highest BCUT2D eigenvalue weighted by atomic mass is 31.3. The number of nitrogens with zero attached hydrogens (tertiary/aromatic N) is 2. The number of cyclic esters (lactones) is 1. The van der Waals surface area contributed by atoms with Crippen LogP contribution in [0.15, 0.2) is 65.7 Å². The van der Waals surface area contributed by atoms with Crippen LogP contribution in [0.5, 0.6) is 0 Å². The first-order valence-corrected chi connectivity index (χ1v) is 28.9. The Balaban J connectivity index is 1.80. The summed E-state index contributed by atoms with van der Waals surface area (Å²) in [4.78, 5) is 64.3. The van der Waals surface area contributed by atoms with Crippen LogP contribution in [-0.4, -0.2) is 119 Å². The minimum absolute atomic E-state index is 0.0138. The number of hydrogen-bond donors (Lipinski definition) is 8. The molecule has 0 radical (unpaired) electrons. The first kappa shape index (κ1) is 63.9. The van der Waals surface area contributed by atoms with E-state index in [0.717, 1.165) is 68.8 Å². The van der Waals surface area contributed by atoms with Crippen LogP contribution in [0.3, 0.4) is 0 Å². The first-order chi connectivity index (χ1) is 34.9. The van der Waals surface area contributed by atoms with Crippen LogP contribution in [0, 0.1) is 11.8 Å². The number of aromatic nitrogens is 2. The van der Waals surface area contributed by atoms with Crippen molar-refractivity contribution in [2.75, 3.05) is 25.6 Å². The van der Waals surface area contributed by atoms with Crippen molar-refractivity contribution in [3.8, 4) is 0 Å². The molecule has 0 aliphatic carbocycles. The third-order valence-corrected chi connectivity index (χ3v) is 15.1. The molecule has 2 bridgehead atoms. The van der Waals surface area contributed by atoms with E-state index in [4.69, 9.17) is 29.0 Å². The zero-order chi connectivity index (χ0) is 53.7. The molecule has 0 saturated carbocycles. The van der Waals surface area contributed by atoms with Crippen molar-refractivity contribution < 1.29 is 81.6 Å². The Kier molecular flexibility index (Phi) is 30.7. The number of unbranched alkanes of at least 4 members (excludes halogenated alkanes) is 7. The molecule has 9 N–H and O–H groups in total. The summed E-state index contributed by atoms with van der Waals surface area (Å²) in [5.74, 6) is -4.03. The molecule has 0 amide bonds. The molecular weight excluding hydrogens is 993 g/mol. The van der Waals surface area contributed by atoms with Crippen molar-refractivity contribution in [3.05, 3.63) is 71.4 Å². The van der Waals surface area contributed by atoms with Gasteiger partial charge in [-0.15, -0.1) is 0 Å². The number of fused-ring (bicyclic) bond motifs is 3. The van der Waals surface area contributed by atoms with E-state index in [9.17, 15) is 58.8 Å². The van der Waals surface area contributed by atoms with E-state index < -0.39 is 120 Å². The van der Waals surface area contributed by atoms with Crippen molar-refractivity contribution in [2.24, 2.45) is 11.8 Å². The van der Waals surface area contributed by atoms with Gasteiger partial charge in [0.05, 0.1) is 37.6 Å². The quantitative estimate of drug-likeness (QED) is 0.0267. The Morgan fingerprint density at radius 3 is 2.23 bits per heavy atom. The number of allylic oxidation sites excluding steroid dienone is 6. The molecule has 2 fully saturated rings. The fourth-order valence-electron chi connectivity index (χ4n) is 8.40. The smallest absolute Gasteiger partial charge is 0.462 e. The standard InChI is InChI=1S/C50H83N3O18P2/c1-3-5-7-8-9-10-11-12-13-14-15-16-17-18-24-28-46(58)69-38-34-66-45(57)27-23-20-19-22-26-40-42(56)33-41(55)39(30-29-37(54)25-21-6-4-2)47(59)48(60)43(36-68-73(64,65)71-72(62,63)67-35-38)70-49(40)53-32-31-44(51)52-50(53)61/h5,7,9-10,12-13,29-32,37-43,47-49,54-56,59-60H,3-4,6,8,11,14-28,33-36H2,1-2H3,(H,62,63)(H,64,65)(H2,51,52,61)/b7-5-,10-9-,13-12-,30-29+/t37-,38+,39-,40-,41+,42-,43+,47-,48+,49+/m0/s1. The van der Waals surface area contributed by atoms with Crippen molar-refractivity contribution in [3.63, 3.8) is 0 Å². The molecule has 3 rings (SSSR count). The fourth-order valence-corrected chi connectivity index (χ4v) is 10.5. The highest BCUT2D eigenvalue weighted by molar-refractivity contribution is 7.61. The van der Waals surface area contributed by atoms with E-state index in [2.05, 4.69) is 52.7 Å². The number of rotatable bonds is 21. The lowest BCUT2D eigenvalue weighted by Crippen LogP contribution is -2.52. The van der Waals surface area contributed by atoms with E-state index in [-0.39, 0.29) is 25.1 Å². The number of ether oxygens (including phenoxy) is 3. The summed E-state index contributed by atoms with van der Waals surface area (Å²) in [7, 11) is -11.3. The largest absolute Gasteiger partial charge is 0.481 e. The number of carbonyl (C=O) groups excluding carboxylic acids is 2. The zero-order valence-electron chi connectivity index (χ0n) is 42.5. The Bertz CT molecular complexity index is 2040. The van der Waals surface area contributed by atoms with Gasteiger partial charge in [0.1, 0.15) is 30.9 Å². The molecule has 0 spiro atoms. The Morgan fingerprint density at radius 1 is 0.849 bits per heavy atom. The van der Waals surface area contributed by atoms with Gasteiger partial charge in [-0.1, -0.05) is 120 Å². The number of aliphatic hydroxyl groups is 5. The maximum absolute atomic E-state index is 13.4. The zero-order valence-corrected chi connectivity index (χ0v) is 44.3. The number of nitrogen functional groups attached to an aromatic ring is 1. The van der Waals surface area contributed by atoms with E-state index in [0.29, 0.717) is 44.9 Å². The molecule has 23 heteroatoms. The molecule has 2 unspecified atom stereocenters. The molecule has 73 heavy (non-hydrogen) atoms. The highest BCUT2D eigenvalue weighted by Gasteiger charge is 2.45. The molecule has 3 heterocycles. The van der Waals surface area contributed by atoms with Crippen molar-refractivity contribution in [1.82, 2.24) is 9.55 Å². The third-order valence-electron chi connectivity index (χ3n) is 12.5. The van der Waals surface area contributed by atoms with Gasteiger partial charge in [0.2, 0.25) is 0 Å². The topological polar surface area (TPSA) is 326 Å². The third kappa shape index (κ3) is 25.8. The summed E-state index contributed by atoms with van der Waals surface area (Å²) >= 11 is 0. The van der Waals surface area contributed by atoms with Crippen LogP contribution in [0.4, 0.5) is 5.82 Å². The number of aliphatic hydroxyl groups excluding tert-OH is 5. The molecule has 2 aliphatic heterocycles. The lowest BCUT2D eigenvalue weighted by atomic mass is 9.82. The maximum Gasteiger partial charge on any atom is 0.481 e. The number of hydrogen-bond acceptors (Lipinski definition) is 18. The SMILES string of the molecule is CC/C=C\C/C=C\C/C=C\CCCCCCCC(=O)O[C@@H]1COC(=O)CCCCCC[C@@H]2[C@H](n3ccc(N)nc3=O)O[C@H](COP(=O)(O)OP(=O)(O)OC1)[C@@H](O)[C@@H](O)[C@@H](/C=C/[C@@H](O)CCCCC)[C@H](O)C[C@@H]2O. The monoisotopic (exact) mass is 1080 g/mol. The molecule has 1 aromatic rings. The summed E-state index contributed by atoms with van der Waals surface area (Å²) < 4.78 is 59.2. The van der Waals surface area contributed by atoms with Crippen LogP contribution < -0.4 is 11.4 Å². The number of carbonyl (C=O) groups is 2. The van der Waals surface area contributed by atoms with Crippen LogP contribution >= 0.6 is 15.6 Å². The molecule has 0 aromatic carbocycles. The van der Waals surface area contributed by atoms with Crippen LogP contribution in [0.25, 0.3) is 0 Å². The van der Waals surface area contributed by atoms with Gasteiger partial charge in [-0.2, -0.15) is 9.29 Å². The van der Waals surface area contributed by atoms with Gasteiger partial charge in [0, 0.05) is 37.3 Å². The Hall–Kier alpha value is -3.40. The van der Waals surface area contributed by atoms with Crippen molar-refractivity contribution in [2.45, 2.75) is 198 Å². The second-order valence-corrected chi connectivity index (χ2v) is 21.7. The molecule has 2 saturated heterocycles. The number of esters is 2. The van der Waals surface area contributed by atoms with Gasteiger partial charge in [0.25, 0.3) is 0 Å². The van der Waals surface area contributed by atoms with E-state index >= 15 is 0 Å². The fraction of sp³-hybridized carbons (Fsp3) is 0.720. The Morgan fingerprint density at radius 2 is 1.52 bits per heavy atom. The molecule has 416 valence electrons. The highest BCUT2D eigenvalue weighted by Crippen LogP contribution is 2.60. The number of phosphoric ester groups is 2. The average molecular weight is 1080 g/mol. The summed E-state index contributed by atoms with van der Waals surface area (Å²) in [6, 6.07) is 1.26. The number of nitrogens with two attached hydrogens (primary N) is 1. The van der Waals surface area contributed by atoms with E-state index in [1.54, 1.807) is 0 Å². The normalized spacial score (nSPS) is 30.6. The Labute approximate surface area is 429 Å². The molecule has 21 nitrogen and oxygen atoms in total. The minimum Gasteiger partial charge on any atom is -0.462 e. The first-order valence-electron chi connectivity index (χ1n) is 25.9. The van der Waals surface area contributed by atoms with Crippen molar-refractivity contribution in [1.29, 1.82) is 0 Å². The lowest BCUT2D eigenvalue weighted by Gasteiger charge is -2.41. The van der Waals surface area contributed by atoms with Gasteiger partial charge < -0.3 is 55.3 Å². The second kappa shape index (κ2) is 35.0. The number of phosphoric acid groups is 2. The summed E-state index contributed by atoms with van der Waals surface area (Å²) in [5, 5.41) is 57.5. The van der Waals surface area contributed by atoms with Gasteiger partial charge in [-0.05, 0) is 63.9 Å². The summed E-state index contributed by atoms with van der Waals surface area (Å²) in [5.41, 5.74) is 4.81. The van der Waals surface area contributed by atoms with Gasteiger partial charge in [0.15, 0.2) is 6.10 Å². The summed E-state index contributed by atoms with van der Waals surface area (Å²) in [6.07, 6.45) is 15.4. The predicted molar refractivity (Wildman–Crippen MR) is 272 cm³/mol. The van der Waals surface area contributed by atoms with Gasteiger partial charge >= 0.3 is 33.3 Å². The van der Waals surface area contributed by atoms with E-state index in [1.165, 1.54) is 24.4 Å². The van der Waals surface area contributed by atoms with Crippen LogP contribution in [0.1, 0.15) is 155 Å². The number of anilines is 1. The molecule has 2 aliphatic rings. The van der Waals surface area contributed by atoms with E-state index in [1.807, 2.05) is 6.92 Å². The molecule has 1 aromatic heterocycles. The summed E-state index contributed by atoms with van der Waals surface area (Å²) in [6.45, 7) is 1.40. The van der Waals surface area contributed by atoms with Crippen LogP contribution in [-0.2, 0) is 46.3 Å². The maximum atomic E-state index is 13.4. The molecular formula is C50H83N3O18P2. The van der Waals surface area contributed by atoms with Gasteiger partial charge in [-0.25, -0.2) is 13.9 Å².